The van der Waals surface area contributed by atoms with Crippen LogP contribution in [-0.4, -0.2) is 22.5 Å². The van der Waals surface area contributed by atoms with E-state index in [1.165, 1.54) is 0 Å². The van der Waals surface area contributed by atoms with Gasteiger partial charge >= 0.3 is 12.1 Å². The third-order valence-corrected chi connectivity index (χ3v) is 4.86. The Bertz CT molecular complexity index is 525. The van der Waals surface area contributed by atoms with Gasteiger partial charge in [0.25, 0.3) is 0 Å². The molecule has 1 aliphatic heterocycles. The SMILES string of the molecule is Cc1cc(C)c2c(c1)C[C@H](C(=O)O)[C@@H](C(F)(F)F)S2. The van der Waals surface area contributed by atoms with E-state index in [9.17, 15) is 18.0 Å². The van der Waals surface area contributed by atoms with Crippen molar-refractivity contribution in [1.82, 2.24) is 0 Å². The van der Waals surface area contributed by atoms with E-state index in [4.69, 9.17) is 5.11 Å². The summed E-state index contributed by atoms with van der Waals surface area (Å²) in [5.74, 6) is -2.81. The summed E-state index contributed by atoms with van der Waals surface area (Å²) in [4.78, 5) is 11.7. The first-order chi connectivity index (χ1) is 8.70. The van der Waals surface area contributed by atoms with E-state index in [1.54, 1.807) is 13.0 Å². The predicted octanol–water partition coefficient (Wildman–Crippen LogP) is 3.58. The molecule has 104 valence electrons. The normalized spacial score (nSPS) is 23.0. The van der Waals surface area contributed by atoms with E-state index in [0.29, 0.717) is 22.2 Å². The Labute approximate surface area is 113 Å². The van der Waals surface area contributed by atoms with Crippen molar-refractivity contribution in [3.63, 3.8) is 0 Å². The van der Waals surface area contributed by atoms with Crippen molar-refractivity contribution in [1.29, 1.82) is 0 Å². The maximum atomic E-state index is 13.0. The number of carbonyl (C=O) groups is 1. The third-order valence-electron chi connectivity index (χ3n) is 3.19. The standard InChI is InChI=1S/C13H13F3O2S/c1-6-3-7(2)10-8(4-6)5-9(12(17)18)11(19-10)13(14,15)16/h3-4,9,11H,5H2,1-2H3,(H,17,18)/t9-,11-/m0/s1. The summed E-state index contributed by atoms with van der Waals surface area (Å²) < 4.78 is 38.9. The first kappa shape index (κ1) is 14.2. The van der Waals surface area contributed by atoms with Crippen LogP contribution in [0.2, 0.25) is 0 Å². The van der Waals surface area contributed by atoms with Crippen molar-refractivity contribution in [3.8, 4) is 0 Å². The number of aryl methyl sites for hydroxylation is 2. The molecule has 2 rings (SSSR count). The summed E-state index contributed by atoms with van der Waals surface area (Å²) >= 11 is 0.630. The summed E-state index contributed by atoms with van der Waals surface area (Å²) in [6.45, 7) is 3.61. The molecule has 1 N–H and O–H groups in total. The highest BCUT2D eigenvalue weighted by atomic mass is 32.2. The lowest BCUT2D eigenvalue weighted by molar-refractivity contribution is -0.160. The van der Waals surface area contributed by atoms with Crippen molar-refractivity contribution < 1.29 is 23.1 Å². The number of fused-ring (bicyclic) bond motifs is 1. The molecule has 2 atom stereocenters. The molecule has 19 heavy (non-hydrogen) atoms. The van der Waals surface area contributed by atoms with E-state index < -0.39 is 23.3 Å². The molecule has 1 aromatic carbocycles. The summed E-state index contributed by atoms with van der Waals surface area (Å²) in [6.07, 6.45) is -4.58. The molecule has 0 aliphatic carbocycles. The Morgan fingerprint density at radius 2 is 2.00 bits per heavy atom. The summed E-state index contributed by atoms with van der Waals surface area (Å²) in [5, 5.41) is 7.15. The van der Waals surface area contributed by atoms with Crippen LogP contribution in [0.1, 0.15) is 16.7 Å². The highest BCUT2D eigenvalue weighted by molar-refractivity contribution is 8.00. The van der Waals surface area contributed by atoms with Crippen LogP contribution in [-0.2, 0) is 11.2 Å². The number of aliphatic carboxylic acids is 1. The van der Waals surface area contributed by atoms with Crippen LogP contribution in [0.25, 0.3) is 0 Å². The van der Waals surface area contributed by atoms with Crippen molar-refractivity contribution in [2.75, 3.05) is 0 Å². The second-order valence-electron chi connectivity index (χ2n) is 4.80. The minimum Gasteiger partial charge on any atom is -0.481 e. The molecule has 0 unspecified atom stereocenters. The van der Waals surface area contributed by atoms with E-state index in [1.807, 2.05) is 13.0 Å². The summed E-state index contributed by atoms with van der Waals surface area (Å²) in [6, 6.07) is 3.60. The van der Waals surface area contributed by atoms with Gasteiger partial charge in [0.05, 0.1) is 5.92 Å². The lowest BCUT2D eigenvalue weighted by Crippen LogP contribution is -2.41. The summed E-state index contributed by atoms with van der Waals surface area (Å²) in [5.41, 5.74) is 2.42. The van der Waals surface area contributed by atoms with Gasteiger partial charge < -0.3 is 5.11 Å². The van der Waals surface area contributed by atoms with Gasteiger partial charge in [-0.3, -0.25) is 4.79 Å². The maximum Gasteiger partial charge on any atom is 0.401 e. The Morgan fingerprint density at radius 3 is 2.53 bits per heavy atom. The second-order valence-corrected chi connectivity index (χ2v) is 5.95. The van der Waals surface area contributed by atoms with Gasteiger partial charge in [0.2, 0.25) is 0 Å². The van der Waals surface area contributed by atoms with Crippen molar-refractivity contribution in [3.05, 3.63) is 28.8 Å². The lowest BCUT2D eigenvalue weighted by atomic mass is 9.92. The molecule has 2 nitrogen and oxygen atoms in total. The molecule has 0 saturated heterocycles. The minimum atomic E-state index is -4.51. The molecule has 0 bridgehead atoms. The molecule has 0 radical (unpaired) electrons. The predicted molar refractivity (Wildman–Crippen MR) is 66.4 cm³/mol. The van der Waals surface area contributed by atoms with Gasteiger partial charge in [0.1, 0.15) is 5.25 Å². The molecule has 0 aromatic heterocycles. The van der Waals surface area contributed by atoms with E-state index >= 15 is 0 Å². The summed E-state index contributed by atoms with van der Waals surface area (Å²) in [7, 11) is 0. The van der Waals surface area contributed by atoms with Crippen molar-refractivity contribution in [2.24, 2.45) is 5.92 Å². The molecule has 0 fully saturated rings. The highest BCUT2D eigenvalue weighted by Crippen LogP contribution is 2.47. The Kier molecular flexibility index (Phi) is 3.55. The number of carboxylic acids is 1. The molecule has 0 saturated carbocycles. The topological polar surface area (TPSA) is 37.3 Å². The smallest absolute Gasteiger partial charge is 0.401 e. The van der Waals surface area contributed by atoms with Gasteiger partial charge in [0.15, 0.2) is 0 Å². The second kappa shape index (κ2) is 4.74. The zero-order chi connectivity index (χ0) is 14.4. The van der Waals surface area contributed by atoms with E-state index in [2.05, 4.69) is 0 Å². The van der Waals surface area contributed by atoms with Crippen LogP contribution >= 0.6 is 11.8 Å². The molecule has 1 aromatic rings. The van der Waals surface area contributed by atoms with Crippen LogP contribution in [0.15, 0.2) is 17.0 Å². The van der Waals surface area contributed by atoms with Gasteiger partial charge in [-0.25, -0.2) is 0 Å². The Balaban J connectivity index is 2.48. The number of hydrogen-bond acceptors (Lipinski definition) is 2. The fourth-order valence-electron chi connectivity index (χ4n) is 2.43. The fourth-order valence-corrected chi connectivity index (χ4v) is 3.73. The zero-order valence-electron chi connectivity index (χ0n) is 10.4. The van der Waals surface area contributed by atoms with Crippen molar-refractivity contribution >= 4 is 17.7 Å². The van der Waals surface area contributed by atoms with Gasteiger partial charge in [-0.2, -0.15) is 13.2 Å². The number of benzene rings is 1. The number of rotatable bonds is 1. The number of carboxylic acid groups (broad SMARTS) is 1. The molecule has 6 heteroatoms. The van der Waals surface area contributed by atoms with Crippen LogP contribution < -0.4 is 0 Å². The quantitative estimate of drug-likeness (QED) is 0.859. The maximum absolute atomic E-state index is 13.0. The van der Waals surface area contributed by atoms with Crippen LogP contribution in [0.5, 0.6) is 0 Å². The minimum absolute atomic E-state index is 0.0651. The van der Waals surface area contributed by atoms with Crippen LogP contribution in [0, 0.1) is 19.8 Å². The van der Waals surface area contributed by atoms with Crippen LogP contribution in [0.4, 0.5) is 13.2 Å². The van der Waals surface area contributed by atoms with Crippen molar-refractivity contribution in [2.45, 2.75) is 36.6 Å². The van der Waals surface area contributed by atoms with E-state index in [-0.39, 0.29) is 6.42 Å². The molecule has 1 aliphatic rings. The first-order valence-corrected chi connectivity index (χ1v) is 6.64. The highest BCUT2D eigenvalue weighted by Gasteiger charge is 2.50. The lowest BCUT2D eigenvalue weighted by Gasteiger charge is -2.32. The molecular weight excluding hydrogens is 277 g/mol. The fraction of sp³-hybridized carbons (Fsp3) is 0.462. The van der Waals surface area contributed by atoms with Gasteiger partial charge in [-0.1, -0.05) is 17.7 Å². The number of halogens is 3. The Hall–Kier alpha value is -1.17. The number of alkyl halides is 3. The van der Waals surface area contributed by atoms with Gasteiger partial charge in [0, 0.05) is 4.90 Å². The first-order valence-electron chi connectivity index (χ1n) is 5.76. The molecule has 1 heterocycles. The largest absolute Gasteiger partial charge is 0.481 e. The number of thioether (sulfide) groups is 1. The van der Waals surface area contributed by atoms with Gasteiger partial charge in [-0.15, -0.1) is 11.8 Å². The average Bonchev–Trinajstić information content (AvgIpc) is 2.25. The third kappa shape index (κ3) is 2.73. The van der Waals surface area contributed by atoms with E-state index in [0.717, 1.165) is 11.1 Å². The molecular formula is C13H13F3O2S. The monoisotopic (exact) mass is 290 g/mol. The molecule has 0 amide bonds. The van der Waals surface area contributed by atoms with Gasteiger partial charge in [-0.05, 0) is 31.4 Å². The number of hydrogen-bond donors (Lipinski definition) is 1. The Morgan fingerprint density at radius 1 is 1.37 bits per heavy atom. The molecule has 0 spiro atoms. The zero-order valence-corrected chi connectivity index (χ0v) is 11.2. The average molecular weight is 290 g/mol. The van der Waals surface area contributed by atoms with Crippen LogP contribution in [0.3, 0.4) is 0 Å².